The quantitative estimate of drug-likeness (QED) is 0.409. The molecule has 0 N–H and O–H groups in total. The van der Waals surface area contributed by atoms with E-state index in [4.69, 9.17) is 4.74 Å². The molecule has 2 bridgehead atoms. The fourth-order valence-electron chi connectivity index (χ4n) is 3.52. The first-order chi connectivity index (χ1) is 6.77. The third-order valence-electron chi connectivity index (χ3n) is 4.17. The number of ketones is 2. The van der Waals surface area contributed by atoms with Crippen LogP contribution >= 0.6 is 0 Å². The first kappa shape index (κ1) is 7.35. The second kappa shape index (κ2) is 2.01. The molecule has 0 aromatic heterocycles. The molecule has 0 amide bonds. The Morgan fingerprint density at radius 1 is 1.00 bits per heavy atom. The number of carbonyl (C=O) groups excluding carboxylic acids is 2. The van der Waals surface area contributed by atoms with Gasteiger partial charge < -0.3 is 4.74 Å². The molecule has 3 nitrogen and oxygen atoms in total. The number of ether oxygens (including phenoxy) is 1. The lowest BCUT2D eigenvalue weighted by Crippen LogP contribution is -2.43. The van der Waals surface area contributed by atoms with Gasteiger partial charge in [0.25, 0.3) is 0 Å². The minimum absolute atomic E-state index is 0.0405. The average molecular weight is 190 g/mol. The molecule has 4 rings (SSSR count). The summed E-state index contributed by atoms with van der Waals surface area (Å²) in [5.74, 6) is 0.952. The first-order valence-electron chi connectivity index (χ1n) is 5.18. The molecule has 3 heteroatoms. The predicted octanol–water partition coefficient (Wildman–Crippen LogP) is 0.344. The Morgan fingerprint density at radius 3 is 2.00 bits per heavy atom. The van der Waals surface area contributed by atoms with E-state index in [1.165, 1.54) is 0 Å². The van der Waals surface area contributed by atoms with Gasteiger partial charge >= 0.3 is 0 Å². The van der Waals surface area contributed by atoms with Crippen LogP contribution in [0.25, 0.3) is 0 Å². The van der Waals surface area contributed by atoms with Crippen LogP contribution in [0, 0.1) is 23.7 Å². The monoisotopic (exact) mass is 190 g/mol. The lowest BCUT2D eigenvalue weighted by atomic mass is 9.72. The summed E-state index contributed by atoms with van der Waals surface area (Å²) >= 11 is 0. The van der Waals surface area contributed by atoms with Gasteiger partial charge in [-0.1, -0.05) is 12.2 Å². The number of epoxide rings is 1. The van der Waals surface area contributed by atoms with Gasteiger partial charge in [-0.3, -0.25) is 9.59 Å². The summed E-state index contributed by atoms with van der Waals surface area (Å²) in [5.41, 5.74) is 0. The summed E-state index contributed by atoms with van der Waals surface area (Å²) < 4.78 is 5.14. The topological polar surface area (TPSA) is 46.7 Å². The van der Waals surface area contributed by atoms with Crippen molar-refractivity contribution in [2.24, 2.45) is 23.7 Å². The van der Waals surface area contributed by atoms with Crippen LogP contribution in [-0.4, -0.2) is 23.8 Å². The molecular weight excluding hydrogens is 180 g/mol. The van der Waals surface area contributed by atoms with Crippen molar-refractivity contribution in [2.75, 3.05) is 0 Å². The summed E-state index contributed by atoms with van der Waals surface area (Å²) in [4.78, 5) is 23.7. The lowest BCUT2D eigenvalue weighted by Gasteiger charge is -2.27. The van der Waals surface area contributed by atoms with Gasteiger partial charge in [0.2, 0.25) is 0 Å². The molecule has 0 spiro atoms. The van der Waals surface area contributed by atoms with Gasteiger partial charge in [-0.25, -0.2) is 0 Å². The van der Waals surface area contributed by atoms with Crippen molar-refractivity contribution in [1.29, 1.82) is 0 Å². The van der Waals surface area contributed by atoms with Crippen LogP contribution < -0.4 is 0 Å². The molecule has 0 aromatic rings. The Hall–Kier alpha value is -0.960. The number of fused-ring (bicyclic) bond motifs is 6. The summed E-state index contributed by atoms with van der Waals surface area (Å²) in [6.45, 7) is 0. The lowest BCUT2D eigenvalue weighted by molar-refractivity contribution is -0.135. The Kier molecular flexibility index (Phi) is 1.05. The van der Waals surface area contributed by atoms with Gasteiger partial charge in [0.1, 0.15) is 0 Å². The number of Topliss-reactive ketones (excluding diaryl/α,β-unsaturated/α-hetero) is 2. The first-order valence-corrected chi connectivity index (χ1v) is 5.18. The predicted molar refractivity (Wildman–Crippen MR) is 46.4 cm³/mol. The molecule has 1 heterocycles. The highest BCUT2D eigenvalue weighted by atomic mass is 16.6. The number of rotatable bonds is 0. The fourth-order valence-corrected chi connectivity index (χ4v) is 3.52. The minimum atomic E-state index is -0.364. The van der Waals surface area contributed by atoms with Crippen molar-refractivity contribution >= 4 is 11.6 Å². The summed E-state index contributed by atoms with van der Waals surface area (Å²) in [5, 5.41) is 0. The molecule has 6 atom stereocenters. The Morgan fingerprint density at radius 2 is 1.50 bits per heavy atom. The molecule has 14 heavy (non-hydrogen) atoms. The molecule has 3 fully saturated rings. The van der Waals surface area contributed by atoms with E-state index in [-0.39, 0.29) is 35.6 Å². The van der Waals surface area contributed by atoms with Gasteiger partial charge in [-0.2, -0.15) is 0 Å². The van der Waals surface area contributed by atoms with Crippen LogP contribution in [-0.2, 0) is 14.3 Å². The second-order valence-electron chi connectivity index (χ2n) is 4.78. The van der Waals surface area contributed by atoms with Crippen molar-refractivity contribution in [1.82, 2.24) is 0 Å². The zero-order chi connectivity index (χ0) is 9.45. The number of hydrogen-bond donors (Lipinski definition) is 0. The molecule has 0 aromatic carbocycles. The Labute approximate surface area is 81.1 Å². The zero-order valence-corrected chi connectivity index (χ0v) is 7.55. The maximum Gasteiger partial charge on any atom is 0.169 e. The van der Waals surface area contributed by atoms with Crippen LogP contribution in [0.4, 0.5) is 0 Å². The fraction of sp³-hybridized carbons (Fsp3) is 0.636. The van der Waals surface area contributed by atoms with E-state index in [9.17, 15) is 9.59 Å². The van der Waals surface area contributed by atoms with E-state index in [2.05, 4.69) is 12.2 Å². The summed E-state index contributed by atoms with van der Waals surface area (Å²) in [7, 11) is 0. The molecule has 3 aliphatic carbocycles. The zero-order valence-electron chi connectivity index (χ0n) is 7.55. The molecular formula is C11H10O3. The van der Waals surface area contributed by atoms with Crippen molar-refractivity contribution in [2.45, 2.75) is 18.6 Å². The number of hydrogen-bond acceptors (Lipinski definition) is 3. The minimum Gasteiger partial charge on any atom is -0.353 e. The molecule has 2 saturated carbocycles. The van der Waals surface area contributed by atoms with Gasteiger partial charge in [0.15, 0.2) is 23.8 Å². The normalized spacial score (nSPS) is 57.4. The standard InChI is InChI=1S/C11H10O3/c12-8-6-4-1-2-5(3-4)7(6)9(13)11-10(8)14-11/h1-2,4-7,10-11H,3H2/t4-,5?,6-,7+,10+,11?/m0/s1. The largest absolute Gasteiger partial charge is 0.353 e. The van der Waals surface area contributed by atoms with Gasteiger partial charge in [0.05, 0.1) is 0 Å². The SMILES string of the molecule is O=C1[C@@H]2[C@H](C(=O)C3O[C@H]13)C1C=C[C@H]2C1. The van der Waals surface area contributed by atoms with Crippen LogP contribution in [0.2, 0.25) is 0 Å². The summed E-state index contributed by atoms with van der Waals surface area (Å²) in [6.07, 6.45) is 4.50. The van der Waals surface area contributed by atoms with E-state index in [0.717, 1.165) is 6.42 Å². The number of carbonyl (C=O) groups is 2. The molecule has 4 aliphatic rings. The van der Waals surface area contributed by atoms with Crippen LogP contribution in [0.5, 0.6) is 0 Å². The van der Waals surface area contributed by atoms with Gasteiger partial charge in [-0.05, 0) is 18.3 Å². The molecule has 0 radical (unpaired) electrons. The van der Waals surface area contributed by atoms with Crippen LogP contribution in [0.15, 0.2) is 12.2 Å². The van der Waals surface area contributed by atoms with Crippen LogP contribution in [0.3, 0.4) is 0 Å². The van der Waals surface area contributed by atoms with E-state index in [1.807, 2.05) is 0 Å². The van der Waals surface area contributed by atoms with Gasteiger partial charge in [0, 0.05) is 11.8 Å². The van der Waals surface area contributed by atoms with E-state index >= 15 is 0 Å². The van der Waals surface area contributed by atoms with E-state index < -0.39 is 0 Å². The third-order valence-corrected chi connectivity index (χ3v) is 4.17. The van der Waals surface area contributed by atoms with Crippen molar-refractivity contribution in [3.8, 4) is 0 Å². The summed E-state index contributed by atoms with van der Waals surface area (Å²) in [6, 6.07) is 0. The Balaban J connectivity index is 1.84. The molecule has 72 valence electrons. The molecule has 1 aliphatic heterocycles. The average Bonchev–Trinajstić information content (AvgIpc) is 2.74. The molecule has 1 saturated heterocycles. The third kappa shape index (κ3) is 0.630. The highest BCUT2D eigenvalue weighted by molar-refractivity contribution is 6.06. The van der Waals surface area contributed by atoms with Gasteiger partial charge in [-0.15, -0.1) is 0 Å². The highest BCUT2D eigenvalue weighted by Crippen LogP contribution is 2.54. The van der Waals surface area contributed by atoms with Crippen molar-refractivity contribution in [3.63, 3.8) is 0 Å². The number of allylic oxidation sites excluding steroid dienone is 2. The Bertz CT molecular complexity index is 350. The maximum absolute atomic E-state index is 11.9. The van der Waals surface area contributed by atoms with Crippen LogP contribution in [0.1, 0.15) is 6.42 Å². The smallest absolute Gasteiger partial charge is 0.169 e. The van der Waals surface area contributed by atoms with E-state index in [0.29, 0.717) is 11.8 Å². The van der Waals surface area contributed by atoms with Crippen molar-refractivity contribution in [3.05, 3.63) is 12.2 Å². The maximum atomic E-state index is 11.9. The van der Waals surface area contributed by atoms with Crippen molar-refractivity contribution < 1.29 is 14.3 Å². The molecule has 2 unspecified atom stereocenters. The highest BCUT2D eigenvalue weighted by Gasteiger charge is 2.66. The van der Waals surface area contributed by atoms with E-state index in [1.54, 1.807) is 0 Å². The second-order valence-corrected chi connectivity index (χ2v) is 4.78.